The third-order valence-electron chi connectivity index (χ3n) is 4.23. The molecule has 0 unspecified atom stereocenters. The Balaban J connectivity index is 1.51. The van der Waals surface area contributed by atoms with Crippen molar-refractivity contribution >= 4 is 39.9 Å². The topological polar surface area (TPSA) is 89.0 Å². The number of aromatic nitrogens is 3. The van der Waals surface area contributed by atoms with Crippen molar-refractivity contribution < 1.29 is 9.53 Å². The Morgan fingerprint density at radius 1 is 0.931 bits per heavy atom. The van der Waals surface area contributed by atoms with Crippen LogP contribution in [0.1, 0.15) is 17.3 Å². The van der Waals surface area contributed by atoms with Gasteiger partial charge in [0.05, 0.1) is 23.4 Å². The Labute approximate surface area is 167 Å². The van der Waals surface area contributed by atoms with Gasteiger partial charge in [-0.05, 0) is 43.3 Å². The van der Waals surface area contributed by atoms with Crippen LogP contribution in [-0.2, 0) is 4.74 Å². The van der Waals surface area contributed by atoms with Gasteiger partial charge in [0, 0.05) is 23.3 Å². The molecule has 4 aromatic rings. The first-order chi connectivity index (χ1) is 14.2. The van der Waals surface area contributed by atoms with E-state index in [0.717, 1.165) is 22.3 Å². The van der Waals surface area contributed by atoms with Crippen molar-refractivity contribution in [2.24, 2.45) is 0 Å². The lowest BCUT2D eigenvalue weighted by Crippen LogP contribution is -2.04. The summed E-state index contributed by atoms with van der Waals surface area (Å²) in [6, 6.07) is 18.7. The highest BCUT2D eigenvalue weighted by Gasteiger charge is 2.07. The van der Waals surface area contributed by atoms with Crippen molar-refractivity contribution in [2.75, 3.05) is 17.2 Å². The van der Waals surface area contributed by atoms with Gasteiger partial charge in [0.15, 0.2) is 0 Å². The minimum atomic E-state index is -0.337. The van der Waals surface area contributed by atoms with Crippen LogP contribution in [0.15, 0.2) is 73.2 Å². The number of benzene rings is 2. The Bertz CT molecular complexity index is 1140. The molecule has 29 heavy (non-hydrogen) atoms. The molecule has 4 rings (SSSR count). The first-order valence-corrected chi connectivity index (χ1v) is 9.20. The number of anilines is 4. The van der Waals surface area contributed by atoms with Crippen molar-refractivity contribution in [1.82, 2.24) is 15.0 Å². The zero-order valence-corrected chi connectivity index (χ0v) is 15.8. The summed E-state index contributed by atoms with van der Waals surface area (Å²) in [5.41, 5.74) is 3.05. The number of pyridine rings is 1. The smallest absolute Gasteiger partial charge is 0.338 e. The van der Waals surface area contributed by atoms with E-state index in [2.05, 4.69) is 25.6 Å². The third kappa shape index (κ3) is 4.30. The van der Waals surface area contributed by atoms with Gasteiger partial charge in [-0.15, -0.1) is 0 Å². The van der Waals surface area contributed by atoms with E-state index in [4.69, 9.17) is 4.74 Å². The van der Waals surface area contributed by atoms with Gasteiger partial charge in [-0.25, -0.2) is 14.8 Å². The summed E-state index contributed by atoms with van der Waals surface area (Å²) in [6.07, 6.45) is 3.25. The molecule has 0 amide bonds. The number of nitrogens with zero attached hydrogens (tertiary/aromatic N) is 3. The fraction of sp³-hybridized carbons (Fsp3) is 0.0909. The molecule has 0 aliphatic heterocycles. The van der Waals surface area contributed by atoms with Crippen LogP contribution >= 0.6 is 0 Å². The van der Waals surface area contributed by atoms with Gasteiger partial charge >= 0.3 is 5.97 Å². The molecule has 0 saturated carbocycles. The molecule has 0 saturated heterocycles. The van der Waals surface area contributed by atoms with Gasteiger partial charge in [0.1, 0.15) is 18.0 Å². The van der Waals surface area contributed by atoms with Crippen LogP contribution in [0.25, 0.3) is 10.9 Å². The summed E-state index contributed by atoms with van der Waals surface area (Å²) in [5.74, 6) is 0.930. The van der Waals surface area contributed by atoms with E-state index in [9.17, 15) is 4.79 Å². The predicted molar refractivity (Wildman–Crippen MR) is 113 cm³/mol. The molecular formula is C22H19N5O2. The number of rotatable bonds is 6. The van der Waals surface area contributed by atoms with Gasteiger partial charge in [-0.1, -0.05) is 18.2 Å². The molecule has 0 aliphatic rings. The second-order valence-corrected chi connectivity index (χ2v) is 6.22. The minimum Gasteiger partial charge on any atom is -0.462 e. The van der Waals surface area contributed by atoms with Gasteiger partial charge in [-0.3, -0.25) is 4.98 Å². The fourth-order valence-electron chi connectivity index (χ4n) is 2.89. The second-order valence-electron chi connectivity index (χ2n) is 6.22. The Morgan fingerprint density at radius 3 is 2.48 bits per heavy atom. The van der Waals surface area contributed by atoms with Crippen molar-refractivity contribution in [3.8, 4) is 0 Å². The molecule has 2 aromatic heterocycles. The maximum atomic E-state index is 11.7. The zero-order valence-electron chi connectivity index (χ0n) is 15.8. The summed E-state index contributed by atoms with van der Waals surface area (Å²) in [5, 5.41) is 7.55. The van der Waals surface area contributed by atoms with Crippen LogP contribution in [-0.4, -0.2) is 27.5 Å². The van der Waals surface area contributed by atoms with E-state index < -0.39 is 0 Å². The third-order valence-corrected chi connectivity index (χ3v) is 4.23. The molecule has 0 radical (unpaired) electrons. The second kappa shape index (κ2) is 8.35. The Hall–Kier alpha value is -4.00. The molecule has 0 aliphatic carbocycles. The number of carbonyl (C=O) groups excluding carboxylic acids is 1. The number of para-hydroxylation sites is 1. The van der Waals surface area contributed by atoms with Gasteiger partial charge in [0.2, 0.25) is 0 Å². The maximum absolute atomic E-state index is 11.7. The van der Waals surface area contributed by atoms with E-state index in [-0.39, 0.29) is 5.97 Å². The Morgan fingerprint density at radius 2 is 1.69 bits per heavy atom. The summed E-state index contributed by atoms with van der Waals surface area (Å²) in [4.78, 5) is 24.7. The first-order valence-electron chi connectivity index (χ1n) is 9.20. The van der Waals surface area contributed by atoms with Gasteiger partial charge in [0.25, 0.3) is 0 Å². The number of hydrogen-bond acceptors (Lipinski definition) is 7. The number of ether oxygens (including phenoxy) is 1. The maximum Gasteiger partial charge on any atom is 0.338 e. The molecule has 0 bridgehead atoms. The van der Waals surface area contributed by atoms with Crippen LogP contribution in [0.4, 0.5) is 23.0 Å². The quantitative estimate of drug-likeness (QED) is 0.466. The zero-order chi connectivity index (χ0) is 20.1. The molecule has 0 atom stereocenters. The van der Waals surface area contributed by atoms with E-state index in [0.29, 0.717) is 23.8 Å². The van der Waals surface area contributed by atoms with E-state index in [1.54, 1.807) is 43.5 Å². The molecule has 7 nitrogen and oxygen atoms in total. The van der Waals surface area contributed by atoms with Gasteiger partial charge < -0.3 is 15.4 Å². The standard InChI is InChI=1S/C22H19N5O2/c1-2-29-22(28)16-8-10-17(11-9-16)26-19-13-20(25-14-24-19)27-18-7-3-5-15-6-4-12-23-21(15)18/h3-14H,2H2,1H3,(H2,24,25,26,27). The lowest BCUT2D eigenvalue weighted by atomic mass is 10.2. The monoisotopic (exact) mass is 385 g/mol. The van der Waals surface area contributed by atoms with E-state index in [1.807, 2.05) is 30.3 Å². The average Bonchev–Trinajstić information content (AvgIpc) is 2.75. The molecule has 7 heteroatoms. The van der Waals surface area contributed by atoms with Crippen molar-refractivity contribution in [3.63, 3.8) is 0 Å². The fourth-order valence-corrected chi connectivity index (χ4v) is 2.89. The number of hydrogen-bond donors (Lipinski definition) is 2. The van der Waals surface area contributed by atoms with E-state index >= 15 is 0 Å². The normalized spacial score (nSPS) is 10.5. The first kappa shape index (κ1) is 18.4. The summed E-state index contributed by atoms with van der Waals surface area (Å²) in [6.45, 7) is 2.13. The molecule has 2 N–H and O–H groups in total. The van der Waals surface area contributed by atoms with Crippen molar-refractivity contribution in [2.45, 2.75) is 6.92 Å². The van der Waals surface area contributed by atoms with Crippen LogP contribution in [0.3, 0.4) is 0 Å². The van der Waals surface area contributed by atoms with Gasteiger partial charge in [-0.2, -0.15) is 0 Å². The molecule has 0 spiro atoms. The summed E-state index contributed by atoms with van der Waals surface area (Å²) in [7, 11) is 0. The molecule has 0 fully saturated rings. The SMILES string of the molecule is CCOC(=O)c1ccc(Nc2cc(Nc3cccc4cccnc34)ncn2)cc1. The van der Waals surface area contributed by atoms with Crippen molar-refractivity contribution in [3.05, 3.63) is 78.8 Å². The molecule has 2 aromatic carbocycles. The lowest BCUT2D eigenvalue weighted by Gasteiger charge is -2.10. The van der Waals surface area contributed by atoms with E-state index in [1.165, 1.54) is 6.33 Å². The molecular weight excluding hydrogens is 366 g/mol. The molecule has 144 valence electrons. The summed E-state index contributed by atoms with van der Waals surface area (Å²) < 4.78 is 5.00. The van der Waals surface area contributed by atoms with Crippen LogP contribution < -0.4 is 10.6 Å². The highest BCUT2D eigenvalue weighted by molar-refractivity contribution is 5.92. The highest BCUT2D eigenvalue weighted by atomic mass is 16.5. The summed E-state index contributed by atoms with van der Waals surface area (Å²) >= 11 is 0. The number of nitrogens with one attached hydrogen (secondary N) is 2. The molecule has 2 heterocycles. The Kier molecular flexibility index (Phi) is 5.29. The van der Waals surface area contributed by atoms with Crippen LogP contribution in [0, 0.1) is 0 Å². The largest absolute Gasteiger partial charge is 0.462 e. The van der Waals surface area contributed by atoms with Crippen LogP contribution in [0.2, 0.25) is 0 Å². The highest BCUT2D eigenvalue weighted by Crippen LogP contribution is 2.25. The minimum absolute atomic E-state index is 0.337. The predicted octanol–water partition coefficient (Wildman–Crippen LogP) is 4.69. The average molecular weight is 385 g/mol. The lowest BCUT2D eigenvalue weighted by molar-refractivity contribution is 0.0526. The number of fused-ring (bicyclic) bond motifs is 1. The number of carbonyl (C=O) groups is 1. The van der Waals surface area contributed by atoms with Crippen molar-refractivity contribution in [1.29, 1.82) is 0 Å². The van der Waals surface area contributed by atoms with Crippen LogP contribution in [0.5, 0.6) is 0 Å². The number of esters is 1.